The van der Waals surface area contributed by atoms with Crippen LogP contribution in [0.1, 0.15) is 20.3 Å². The minimum Gasteiger partial charge on any atom is -1.00 e. The number of H-pyrrole nitrogens is 1. The van der Waals surface area contributed by atoms with Crippen LogP contribution in [-0.2, 0) is 6.54 Å². The minimum atomic E-state index is -0.333. The maximum absolute atomic E-state index is 10.00. The van der Waals surface area contributed by atoms with Crippen molar-refractivity contribution in [1.29, 1.82) is 0 Å². The fourth-order valence-electron chi connectivity index (χ4n) is 2.67. The second kappa shape index (κ2) is 7.82. The number of fused-ring (bicyclic) bond motifs is 1. The quantitative estimate of drug-likeness (QED) is 0.540. The number of nitrogens with zero attached hydrogens (tertiary/aromatic N) is 2. The smallest absolute Gasteiger partial charge is 1.00 e. The first-order chi connectivity index (χ1) is 10.3. The number of aromatic amines is 1. The van der Waals surface area contributed by atoms with Gasteiger partial charge < -0.3 is 44.3 Å². The molecule has 0 aliphatic carbocycles. The predicted octanol–water partition coefficient (Wildman–Crippen LogP) is -1.18. The predicted molar refractivity (Wildman–Crippen MR) is 86.4 cm³/mol. The molecule has 120 valence electrons. The molecular weight excluding hydrogens is 391 g/mol. The topological polar surface area (TPSA) is 63.6 Å². The summed E-state index contributed by atoms with van der Waals surface area (Å²) < 4.78 is 0. The molecule has 1 aliphatic heterocycles. The van der Waals surface area contributed by atoms with Gasteiger partial charge in [0.05, 0.1) is 12.6 Å². The number of nitrogens with one attached hydrogen (secondary N) is 2. The van der Waals surface area contributed by atoms with E-state index in [1.54, 1.807) is 0 Å². The molecule has 1 atom stereocenters. The SMILES string of the molecule is CCC(O)CN(Cc1c[nH]c2ccccc12)C1=NCCN1.[H+].[I-]. The molecule has 5 nitrogen and oxygen atoms in total. The molecular formula is C16H23IN4O. The lowest BCUT2D eigenvalue weighted by Gasteiger charge is -2.26. The summed E-state index contributed by atoms with van der Waals surface area (Å²) in [6.45, 7) is 5.02. The monoisotopic (exact) mass is 414 g/mol. The highest BCUT2D eigenvalue weighted by Gasteiger charge is 2.19. The third-order valence-corrected chi connectivity index (χ3v) is 3.89. The van der Waals surface area contributed by atoms with Gasteiger partial charge in [-0.15, -0.1) is 0 Å². The number of aromatic nitrogens is 1. The number of benzene rings is 1. The van der Waals surface area contributed by atoms with Crippen LogP contribution in [0.25, 0.3) is 10.9 Å². The first-order valence-electron chi connectivity index (χ1n) is 7.54. The number of hydrogen-bond donors (Lipinski definition) is 3. The van der Waals surface area contributed by atoms with Gasteiger partial charge in [-0.3, -0.25) is 4.99 Å². The highest BCUT2D eigenvalue weighted by molar-refractivity contribution is 5.85. The van der Waals surface area contributed by atoms with Gasteiger partial charge in [0.1, 0.15) is 0 Å². The van der Waals surface area contributed by atoms with E-state index < -0.39 is 0 Å². The van der Waals surface area contributed by atoms with Gasteiger partial charge in [-0.2, -0.15) is 0 Å². The van der Waals surface area contributed by atoms with E-state index in [4.69, 9.17) is 0 Å². The molecule has 0 radical (unpaired) electrons. The summed E-state index contributed by atoms with van der Waals surface area (Å²) in [6, 6.07) is 8.29. The molecule has 1 aliphatic rings. The molecule has 0 saturated heterocycles. The zero-order chi connectivity index (χ0) is 14.7. The van der Waals surface area contributed by atoms with Gasteiger partial charge in [-0.05, 0) is 18.1 Å². The number of halogens is 1. The molecule has 1 aromatic carbocycles. The Bertz CT molecular complexity index is 646. The van der Waals surface area contributed by atoms with Crippen LogP contribution in [-0.4, -0.2) is 46.7 Å². The van der Waals surface area contributed by atoms with Crippen LogP contribution in [0, 0.1) is 0 Å². The van der Waals surface area contributed by atoms with Gasteiger partial charge >= 0.3 is 1.43 Å². The minimum absolute atomic E-state index is 0. The largest absolute Gasteiger partial charge is 1.00 e. The molecule has 3 rings (SSSR count). The van der Waals surface area contributed by atoms with Crippen LogP contribution in [0.4, 0.5) is 0 Å². The fraction of sp³-hybridized carbons (Fsp3) is 0.438. The van der Waals surface area contributed by atoms with Crippen molar-refractivity contribution in [2.75, 3.05) is 19.6 Å². The molecule has 1 aromatic heterocycles. The second-order valence-corrected chi connectivity index (χ2v) is 5.43. The van der Waals surface area contributed by atoms with E-state index >= 15 is 0 Å². The van der Waals surface area contributed by atoms with E-state index in [1.165, 1.54) is 10.9 Å². The van der Waals surface area contributed by atoms with Gasteiger partial charge in [-0.25, -0.2) is 0 Å². The Morgan fingerprint density at radius 2 is 2.23 bits per heavy atom. The van der Waals surface area contributed by atoms with E-state index in [0.717, 1.165) is 37.5 Å². The lowest BCUT2D eigenvalue weighted by molar-refractivity contribution is -0.00000651. The van der Waals surface area contributed by atoms with E-state index in [2.05, 4.69) is 38.4 Å². The number of aliphatic imine (C=N–C) groups is 1. The van der Waals surface area contributed by atoms with Crippen LogP contribution in [0.2, 0.25) is 0 Å². The third kappa shape index (κ3) is 3.73. The van der Waals surface area contributed by atoms with Crippen molar-refractivity contribution >= 4 is 16.9 Å². The Morgan fingerprint density at radius 1 is 1.41 bits per heavy atom. The average molecular weight is 414 g/mol. The van der Waals surface area contributed by atoms with Gasteiger partial charge in [-0.1, -0.05) is 25.1 Å². The average Bonchev–Trinajstić information content (AvgIpc) is 3.16. The molecule has 2 heterocycles. The first kappa shape index (κ1) is 17.1. The summed E-state index contributed by atoms with van der Waals surface area (Å²) in [6.07, 6.45) is 2.46. The number of para-hydroxylation sites is 1. The van der Waals surface area contributed by atoms with Crippen molar-refractivity contribution in [2.45, 2.75) is 26.0 Å². The molecule has 0 saturated carbocycles. The maximum Gasteiger partial charge on any atom is 1.00 e. The molecule has 2 aromatic rings. The third-order valence-electron chi connectivity index (χ3n) is 3.89. The second-order valence-electron chi connectivity index (χ2n) is 5.43. The van der Waals surface area contributed by atoms with Crippen LogP contribution < -0.4 is 29.3 Å². The zero-order valence-electron chi connectivity index (χ0n) is 13.7. The van der Waals surface area contributed by atoms with Gasteiger partial charge in [0.2, 0.25) is 0 Å². The molecule has 0 bridgehead atoms. The van der Waals surface area contributed by atoms with Crippen LogP contribution >= 0.6 is 0 Å². The fourth-order valence-corrected chi connectivity index (χ4v) is 2.67. The van der Waals surface area contributed by atoms with Crippen LogP contribution in [0.15, 0.2) is 35.5 Å². The van der Waals surface area contributed by atoms with Gasteiger partial charge in [0.25, 0.3) is 0 Å². The Kier molecular flexibility index (Phi) is 6.07. The molecule has 6 heteroatoms. The van der Waals surface area contributed by atoms with Crippen LogP contribution in [0.3, 0.4) is 0 Å². The Hall–Kier alpha value is -1.28. The molecule has 22 heavy (non-hydrogen) atoms. The van der Waals surface area contributed by atoms with Crippen molar-refractivity contribution in [3.8, 4) is 0 Å². The van der Waals surface area contributed by atoms with E-state index in [9.17, 15) is 5.11 Å². The highest BCUT2D eigenvalue weighted by atomic mass is 127. The van der Waals surface area contributed by atoms with Crippen molar-refractivity contribution in [1.82, 2.24) is 15.2 Å². The molecule has 0 spiro atoms. The first-order valence-corrected chi connectivity index (χ1v) is 7.54. The summed E-state index contributed by atoms with van der Waals surface area (Å²) in [4.78, 5) is 9.93. The number of aliphatic hydroxyl groups is 1. The zero-order valence-corrected chi connectivity index (χ0v) is 14.9. The molecule has 1 unspecified atom stereocenters. The maximum atomic E-state index is 10.00. The van der Waals surface area contributed by atoms with Crippen molar-refractivity contribution in [2.24, 2.45) is 4.99 Å². The number of guanidine groups is 1. The van der Waals surface area contributed by atoms with E-state index in [1.807, 2.05) is 19.2 Å². The standard InChI is InChI=1S/C16H22N4O.HI/c1-2-13(21)11-20(16-17-7-8-18-16)10-12-9-19-15-6-4-3-5-14(12)15;/h3-6,9,13,19,21H,2,7-8,10-11H2,1H3,(H,17,18);1H. The number of hydrogen-bond acceptors (Lipinski definition) is 4. The Labute approximate surface area is 149 Å². The summed E-state index contributed by atoms with van der Waals surface area (Å²) in [5.74, 6) is 0.896. The summed E-state index contributed by atoms with van der Waals surface area (Å²) in [5, 5.41) is 14.5. The summed E-state index contributed by atoms with van der Waals surface area (Å²) in [7, 11) is 0. The molecule has 0 amide bonds. The summed E-state index contributed by atoms with van der Waals surface area (Å²) >= 11 is 0. The lowest BCUT2D eigenvalue weighted by Crippen LogP contribution is -3.00. The normalized spacial score (nSPS) is 15.1. The van der Waals surface area contributed by atoms with E-state index in [-0.39, 0.29) is 31.5 Å². The van der Waals surface area contributed by atoms with Gasteiger partial charge in [0.15, 0.2) is 5.96 Å². The van der Waals surface area contributed by atoms with Crippen molar-refractivity contribution < 1.29 is 30.5 Å². The summed E-state index contributed by atoms with van der Waals surface area (Å²) in [5.41, 5.74) is 2.37. The number of rotatable bonds is 5. The lowest BCUT2D eigenvalue weighted by atomic mass is 10.1. The number of aliphatic hydroxyl groups excluding tert-OH is 1. The molecule has 0 fully saturated rings. The highest BCUT2D eigenvalue weighted by Crippen LogP contribution is 2.20. The van der Waals surface area contributed by atoms with Crippen LogP contribution in [0.5, 0.6) is 0 Å². The Balaban J connectivity index is 0.00000132. The van der Waals surface area contributed by atoms with Crippen molar-refractivity contribution in [3.63, 3.8) is 0 Å². The van der Waals surface area contributed by atoms with Crippen molar-refractivity contribution in [3.05, 3.63) is 36.0 Å². The molecule has 3 N–H and O–H groups in total. The van der Waals surface area contributed by atoms with E-state index in [0.29, 0.717) is 6.54 Å². The van der Waals surface area contributed by atoms with Gasteiger partial charge in [0, 0.05) is 36.7 Å². The Morgan fingerprint density at radius 3 is 2.95 bits per heavy atom.